The molecule has 0 radical (unpaired) electrons. The largest absolute Gasteiger partial charge is 0.476 e. The van der Waals surface area contributed by atoms with Crippen molar-refractivity contribution < 1.29 is 18.5 Å². The summed E-state index contributed by atoms with van der Waals surface area (Å²) in [6.07, 6.45) is 0. The highest BCUT2D eigenvalue weighted by molar-refractivity contribution is 7.52. The SMILES string of the molecule is CCOP(=O)(NNc1nc2c(C)cccc2s1)Oc1cccc([N+](=O)[O-])c1. The van der Waals surface area contributed by atoms with Crippen LogP contribution in [0.1, 0.15) is 12.5 Å². The Balaban J connectivity index is 1.77. The van der Waals surface area contributed by atoms with Gasteiger partial charge in [-0.3, -0.25) is 20.1 Å². The molecule has 0 aliphatic heterocycles. The lowest BCUT2D eigenvalue weighted by atomic mass is 10.2. The minimum absolute atomic E-state index is 0.0513. The second-order valence-corrected chi connectivity index (χ2v) is 8.13. The third-order valence-electron chi connectivity index (χ3n) is 3.47. The summed E-state index contributed by atoms with van der Waals surface area (Å²) in [6.45, 7) is 3.72. The van der Waals surface area contributed by atoms with E-state index in [1.54, 1.807) is 6.92 Å². The number of hydrogen-bond acceptors (Lipinski definition) is 8. The van der Waals surface area contributed by atoms with Gasteiger partial charge in [-0.15, -0.1) is 5.20 Å². The molecule has 0 saturated carbocycles. The zero-order valence-corrected chi connectivity index (χ0v) is 16.3. The molecular formula is C16H17N4O5PS. The second-order valence-electron chi connectivity index (χ2n) is 5.44. The van der Waals surface area contributed by atoms with Crippen LogP contribution in [0.4, 0.5) is 10.8 Å². The van der Waals surface area contributed by atoms with Crippen molar-refractivity contribution in [3.63, 3.8) is 0 Å². The van der Waals surface area contributed by atoms with Crippen LogP contribution in [0, 0.1) is 17.0 Å². The van der Waals surface area contributed by atoms with Gasteiger partial charge in [-0.05, 0) is 31.5 Å². The Bertz CT molecular complexity index is 1020. The van der Waals surface area contributed by atoms with Gasteiger partial charge in [0.05, 0.1) is 27.8 Å². The predicted octanol–water partition coefficient (Wildman–Crippen LogP) is 4.65. The summed E-state index contributed by atoms with van der Waals surface area (Å²) in [5.74, 6) is 0.0513. The van der Waals surface area contributed by atoms with E-state index < -0.39 is 12.7 Å². The summed E-state index contributed by atoms with van der Waals surface area (Å²) in [7, 11) is -3.83. The monoisotopic (exact) mass is 408 g/mol. The fourth-order valence-electron chi connectivity index (χ4n) is 2.30. The molecule has 1 aromatic heterocycles. The highest BCUT2D eigenvalue weighted by Crippen LogP contribution is 2.44. The van der Waals surface area contributed by atoms with Crippen LogP contribution in [0.2, 0.25) is 0 Å². The minimum Gasteiger partial charge on any atom is -0.412 e. The van der Waals surface area contributed by atoms with Gasteiger partial charge in [0, 0.05) is 6.07 Å². The Labute approximate surface area is 159 Å². The van der Waals surface area contributed by atoms with E-state index in [1.807, 2.05) is 25.1 Å². The average Bonchev–Trinajstić information content (AvgIpc) is 3.05. The summed E-state index contributed by atoms with van der Waals surface area (Å²) in [5, 5.41) is 13.9. The van der Waals surface area contributed by atoms with Gasteiger partial charge < -0.3 is 4.52 Å². The first kappa shape index (κ1) is 19.2. The number of hydrazine groups is 1. The number of rotatable bonds is 8. The van der Waals surface area contributed by atoms with Crippen molar-refractivity contribution in [1.82, 2.24) is 10.2 Å². The van der Waals surface area contributed by atoms with Crippen molar-refractivity contribution in [2.45, 2.75) is 13.8 Å². The molecule has 27 heavy (non-hydrogen) atoms. The number of aromatic nitrogens is 1. The smallest absolute Gasteiger partial charge is 0.412 e. The van der Waals surface area contributed by atoms with Crippen LogP contribution in [0.3, 0.4) is 0 Å². The highest BCUT2D eigenvalue weighted by atomic mass is 32.1. The van der Waals surface area contributed by atoms with E-state index in [0.29, 0.717) is 5.13 Å². The van der Waals surface area contributed by atoms with Crippen LogP contribution < -0.4 is 15.1 Å². The number of nitro benzene ring substituents is 1. The second kappa shape index (κ2) is 8.01. The molecule has 3 aromatic rings. The third-order valence-corrected chi connectivity index (χ3v) is 5.84. The van der Waals surface area contributed by atoms with E-state index in [2.05, 4.69) is 15.6 Å². The molecule has 0 aliphatic rings. The number of nitrogens with one attached hydrogen (secondary N) is 2. The normalized spacial score (nSPS) is 13.3. The number of non-ortho nitro benzene ring substituents is 1. The number of thiazole rings is 1. The van der Waals surface area contributed by atoms with E-state index in [-0.39, 0.29) is 18.0 Å². The molecule has 0 aliphatic carbocycles. The lowest BCUT2D eigenvalue weighted by Crippen LogP contribution is -2.22. The number of aryl methyl sites for hydroxylation is 1. The average molecular weight is 408 g/mol. The molecule has 2 aromatic carbocycles. The molecule has 2 N–H and O–H groups in total. The predicted molar refractivity (Wildman–Crippen MR) is 104 cm³/mol. The minimum atomic E-state index is -3.83. The van der Waals surface area contributed by atoms with Crippen LogP contribution in [-0.2, 0) is 9.09 Å². The van der Waals surface area contributed by atoms with Gasteiger partial charge in [-0.2, -0.15) is 0 Å². The number of anilines is 1. The Hall–Kier alpha value is -2.52. The summed E-state index contributed by atoms with van der Waals surface area (Å²) in [5.41, 5.74) is 4.45. The van der Waals surface area contributed by atoms with E-state index >= 15 is 0 Å². The van der Waals surface area contributed by atoms with Crippen LogP contribution in [0.15, 0.2) is 42.5 Å². The van der Waals surface area contributed by atoms with Crippen LogP contribution in [0.25, 0.3) is 10.2 Å². The topological polar surface area (TPSA) is 116 Å². The van der Waals surface area contributed by atoms with Crippen molar-refractivity contribution in [3.05, 3.63) is 58.1 Å². The van der Waals surface area contributed by atoms with Gasteiger partial charge >= 0.3 is 7.75 Å². The molecule has 0 amide bonds. The number of benzene rings is 2. The van der Waals surface area contributed by atoms with Gasteiger partial charge in [0.2, 0.25) is 0 Å². The first-order chi connectivity index (χ1) is 12.9. The lowest BCUT2D eigenvalue weighted by molar-refractivity contribution is -0.384. The number of fused-ring (bicyclic) bond motifs is 1. The maximum absolute atomic E-state index is 12.9. The molecule has 3 rings (SSSR count). The molecule has 0 saturated heterocycles. The lowest BCUT2D eigenvalue weighted by Gasteiger charge is -2.19. The zero-order chi connectivity index (χ0) is 19.4. The first-order valence-corrected chi connectivity index (χ1v) is 10.3. The summed E-state index contributed by atoms with van der Waals surface area (Å²) in [6, 6.07) is 11.2. The molecule has 1 atom stereocenters. The van der Waals surface area contributed by atoms with Gasteiger partial charge in [-0.1, -0.05) is 29.5 Å². The fraction of sp³-hybridized carbons (Fsp3) is 0.188. The number of hydrogen-bond donors (Lipinski definition) is 2. The maximum Gasteiger partial charge on any atom is 0.476 e. The van der Waals surface area contributed by atoms with Crippen molar-refractivity contribution in [1.29, 1.82) is 0 Å². The first-order valence-electron chi connectivity index (χ1n) is 7.98. The van der Waals surface area contributed by atoms with Crippen molar-refractivity contribution >= 4 is 40.1 Å². The highest BCUT2D eigenvalue weighted by Gasteiger charge is 2.27. The standard InChI is InChI=1S/C16H17N4O5PS/c1-3-24-26(23,25-13-8-5-7-12(10-13)20(21)22)19-18-16-17-15-11(2)6-4-9-14(15)27-16/h4-10H,3H2,1-2H3,(H,17,18)(H,19,23). The van der Waals surface area contributed by atoms with Crippen molar-refractivity contribution in [2.24, 2.45) is 0 Å². The summed E-state index contributed by atoms with van der Waals surface area (Å²) >= 11 is 1.38. The molecule has 0 bridgehead atoms. The van der Waals surface area contributed by atoms with Crippen LogP contribution in [0.5, 0.6) is 5.75 Å². The Kier molecular flexibility index (Phi) is 5.71. The molecule has 0 fully saturated rings. The van der Waals surface area contributed by atoms with E-state index in [4.69, 9.17) is 9.05 Å². The van der Waals surface area contributed by atoms with Crippen molar-refractivity contribution in [2.75, 3.05) is 12.0 Å². The van der Waals surface area contributed by atoms with Gasteiger partial charge in [-0.25, -0.2) is 9.55 Å². The molecule has 9 nitrogen and oxygen atoms in total. The van der Waals surface area contributed by atoms with Crippen LogP contribution >= 0.6 is 19.1 Å². The number of para-hydroxylation sites is 1. The van der Waals surface area contributed by atoms with Gasteiger partial charge in [0.15, 0.2) is 5.13 Å². The quantitative estimate of drug-likeness (QED) is 0.314. The van der Waals surface area contributed by atoms with E-state index in [1.165, 1.54) is 35.6 Å². The number of nitrogens with zero attached hydrogens (tertiary/aromatic N) is 2. The van der Waals surface area contributed by atoms with Gasteiger partial charge in [0.1, 0.15) is 5.75 Å². The zero-order valence-electron chi connectivity index (χ0n) is 14.5. The molecular weight excluding hydrogens is 391 g/mol. The van der Waals surface area contributed by atoms with Crippen molar-refractivity contribution in [3.8, 4) is 5.75 Å². The summed E-state index contributed by atoms with van der Waals surface area (Å²) in [4.78, 5) is 14.8. The Morgan fingerprint density at radius 1 is 1.30 bits per heavy atom. The van der Waals surface area contributed by atoms with Crippen LogP contribution in [-0.4, -0.2) is 16.5 Å². The Morgan fingerprint density at radius 3 is 2.78 bits per heavy atom. The van der Waals surface area contributed by atoms with Gasteiger partial charge in [0.25, 0.3) is 5.69 Å². The molecule has 1 heterocycles. The fourth-order valence-corrected chi connectivity index (χ4v) is 4.41. The van der Waals surface area contributed by atoms with E-state index in [0.717, 1.165) is 15.8 Å². The number of nitro groups is 1. The van der Waals surface area contributed by atoms with E-state index in [9.17, 15) is 14.7 Å². The third kappa shape index (κ3) is 4.61. The molecule has 11 heteroatoms. The maximum atomic E-state index is 12.9. The molecule has 0 spiro atoms. The molecule has 142 valence electrons. The Morgan fingerprint density at radius 2 is 2.07 bits per heavy atom. The summed E-state index contributed by atoms with van der Waals surface area (Å²) < 4.78 is 24.5. The molecule has 1 unspecified atom stereocenters.